The number of rotatable bonds is 6. The molecule has 0 amide bonds. The van der Waals surface area contributed by atoms with Gasteiger partial charge >= 0.3 is 0 Å². The first kappa shape index (κ1) is 15.2. The van der Waals surface area contributed by atoms with Gasteiger partial charge in [0.05, 0.1) is 16.1 Å². The average molecular weight is 305 g/mol. The Balaban J connectivity index is 2.50. The van der Waals surface area contributed by atoms with Gasteiger partial charge in [0, 0.05) is 19.2 Å². The average Bonchev–Trinajstić information content (AvgIpc) is 2.47. The second-order valence-electron chi connectivity index (χ2n) is 4.25. The van der Waals surface area contributed by atoms with Gasteiger partial charge in [0.15, 0.2) is 11.6 Å². The van der Waals surface area contributed by atoms with Gasteiger partial charge in [-0.3, -0.25) is 0 Å². The van der Waals surface area contributed by atoms with Crippen LogP contribution in [0.4, 0.5) is 11.6 Å². The summed E-state index contributed by atoms with van der Waals surface area (Å²) in [5.41, 5.74) is 1.40. The molecule has 2 N–H and O–H groups in total. The lowest BCUT2D eigenvalue weighted by molar-refractivity contribution is 0.371. The largest absolute Gasteiger partial charge is 0.479 e. The van der Waals surface area contributed by atoms with Crippen LogP contribution < -0.4 is 15.4 Å². The third kappa shape index (κ3) is 3.47. The summed E-state index contributed by atoms with van der Waals surface area (Å²) in [7, 11) is 0. The van der Waals surface area contributed by atoms with E-state index in [1.165, 1.54) is 0 Å². The lowest BCUT2D eigenvalue weighted by atomic mass is 10.2. The molecule has 0 fully saturated rings. The Hall–Kier alpha value is -2.19. The minimum atomic E-state index is 0.161. The van der Waals surface area contributed by atoms with Crippen molar-refractivity contribution in [1.82, 2.24) is 9.97 Å². The zero-order valence-corrected chi connectivity index (χ0v) is 12.8. The molecule has 0 aliphatic rings. The first-order chi connectivity index (χ1) is 10.2. The Bertz CT molecular complexity index is 681. The van der Waals surface area contributed by atoms with Crippen molar-refractivity contribution in [3.8, 4) is 18.1 Å². The molecule has 110 valence electrons. The molecule has 0 aliphatic carbocycles. The highest BCUT2D eigenvalue weighted by atomic mass is 35.5. The number of hydrogen-bond donors (Lipinski definition) is 2. The van der Waals surface area contributed by atoms with Crippen molar-refractivity contribution in [2.45, 2.75) is 13.8 Å². The first-order valence-electron chi connectivity index (χ1n) is 6.74. The Kier molecular flexibility index (Phi) is 5.07. The van der Waals surface area contributed by atoms with E-state index in [2.05, 4.69) is 26.5 Å². The topological polar surface area (TPSA) is 59.1 Å². The van der Waals surface area contributed by atoms with E-state index in [4.69, 9.17) is 22.8 Å². The van der Waals surface area contributed by atoms with E-state index in [0.717, 1.165) is 13.1 Å². The van der Waals surface area contributed by atoms with E-state index < -0.39 is 0 Å². The molecule has 0 saturated heterocycles. The highest BCUT2D eigenvalue weighted by Crippen LogP contribution is 2.31. The molecule has 2 aromatic rings. The highest BCUT2D eigenvalue weighted by Gasteiger charge is 2.11. The molecule has 0 radical (unpaired) electrons. The fourth-order valence-corrected chi connectivity index (χ4v) is 2.08. The van der Waals surface area contributed by atoms with Crippen LogP contribution in [0.15, 0.2) is 12.1 Å². The summed E-state index contributed by atoms with van der Waals surface area (Å²) in [5, 5.41) is 6.84. The highest BCUT2D eigenvalue weighted by molar-refractivity contribution is 6.32. The number of benzene rings is 1. The molecular formula is C15H17ClN4O. The molecule has 0 atom stereocenters. The van der Waals surface area contributed by atoms with Crippen LogP contribution in [0, 0.1) is 12.3 Å². The van der Waals surface area contributed by atoms with Crippen LogP contribution in [-0.2, 0) is 0 Å². The molecule has 0 bridgehead atoms. The number of anilines is 2. The second-order valence-corrected chi connectivity index (χ2v) is 4.65. The molecule has 0 unspecified atom stereocenters. The zero-order valence-electron chi connectivity index (χ0n) is 12.0. The molecule has 1 aromatic carbocycles. The molecule has 0 saturated carbocycles. The predicted molar refractivity (Wildman–Crippen MR) is 87.2 cm³/mol. The monoisotopic (exact) mass is 304 g/mol. The SMILES string of the molecule is C#CCOc1cc2nc(NCC)c(NCC)nc2cc1Cl. The van der Waals surface area contributed by atoms with Crippen molar-refractivity contribution in [1.29, 1.82) is 0 Å². The van der Waals surface area contributed by atoms with E-state index >= 15 is 0 Å². The fourth-order valence-electron chi connectivity index (χ4n) is 1.87. The van der Waals surface area contributed by atoms with Gasteiger partial charge in [-0.05, 0) is 19.9 Å². The standard InChI is InChI=1S/C15H17ClN4O/c1-4-7-21-13-9-12-11(8-10(13)16)19-14(17-5-2)15(20-12)18-6-3/h1,8-9H,5-7H2,2-3H3,(H,17,19)(H,18,20). The van der Waals surface area contributed by atoms with Crippen LogP contribution in [0.2, 0.25) is 5.02 Å². The van der Waals surface area contributed by atoms with Crippen LogP contribution in [-0.4, -0.2) is 29.7 Å². The van der Waals surface area contributed by atoms with E-state index in [1.807, 2.05) is 13.8 Å². The molecule has 5 nitrogen and oxygen atoms in total. The van der Waals surface area contributed by atoms with Crippen molar-refractivity contribution >= 4 is 34.3 Å². The van der Waals surface area contributed by atoms with Crippen LogP contribution >= 0.6 is 11.6 Å². The van der Waals surface area contributed by atoms with Crippen LogP contribution in [0.5, 0.6) is 5.75 Å². The molecule has 6 heteroatoms. The second kappa shape index (κ2) is 7.00. The summed E-state index contributed by atoms with van der Waals surface area (Å²) in [6, 6.07) is 3.48. The lowest BCUT2D eigenvalue weighted by Crippen LogP contribution is -2.08. The Morgan fingerprint density at radius 1 is 1.14 bits per heavy atom. The molecule has 1 aromatic heterocycles. The zero-order chi connectivity index (χ0) is 15.2. The number of aromatic nitrogens is 2. The Labute approximate surface area is 129 Å². The first-order valence-corrected chi connectivity index (χ1v) is 7.12. The van der Waals surface area contributed by atoms with Crippen molar-refractivity contribution < 1.29 is 4.74 Å². The summed E-state index contributed by atoms with van der Waals surface area (Å²) < 4.78 is 5.40. The lowest BCUT2D eigenvalue weighted by Gasteiger charge is -2.12. The van der Waals surface area contributed by atoms with Gasteiger partial charge < -0.3 is 15.4 Å². The van der Waals surface area contributed by atoms with Gasteiger partial charge in [-0.25, -0.2) is 9.97 Å². The van der Waals surface area contributed by atoms with Gasteiger partial charge in [0.25, 0.3) is 0 Å². The molecule has 2 rings (SSSR count). The maximum Gasteiger partial charge on any atom is 0.169 e. The van der Waals surface area contributed by atoms with Crippen molar-refractivity contribution in [3.05, 3.63) is 17.2 Å². The van der Waals surface area contributed by atoms with Gasteiger partial charge in [-0.2, -0.15) is 0 Å². The van der Waals surface area contributed by atoms with Gasteiger partial charge in [-0.15, -0.1) is 6.42 Å². The summed E-state index contributed by atoms with van der Waals surface area (Å²) in [6.07, 6.45) is 5.19. The van der Waals surface area contributed by atoms with E-state index in [0.29, 0.717) is 33.4 Å². The predicted octanol–water partition coefficient (Wildman–Crippen LogP) is 3.16. The van der Waals surface area contributed by atoms with E-state index in [9.17, 15) is 0 Å². The smallest absolute Gasteiger partial charge is 0.169 e. The maximum absolute atomic E-state index is 6.17. The number of ether oxygens (including phenoxy) is 1. The van der Waals surface area contributed by atoms with Gasteiger partial charge in [0.1, 0.15) is 12.4 Å². The number of halogens is 1. The molecule has 21 heavy (non-hydrogen) atoms. The Morgan fingerprint density at radius 3 is 2.24 bits per heavy atom. The van der Waals surface area contributed by atoms with E-state index in [1.54, 1.807) is 12.1 Å². The summed E-state index contributed by atoms with van der Waals surface area (Å²) in [4.78, 5) is 9.12. The summed E-state index contributed by atoms with van der Waals surface area (Å²) >= 11 is 6.17. The fraction of sp³-hybridized carbons (Fsp3) is 0.333. The number of terminal acetylenes is 1. The molecule has 0 aliphatic heterocycles. The Morgan fingerprint density at radius 2 is 1.71 bits per heavy atom. The molecule has 0 spiro atoms. The van der Waals surface area contributed by atoms with Gasteiger partial charge in [-0.1, -0.05) is 17.5 Å². The minimum Gasteiger partial charge on any atom is -0.479 e. The van der Waals surface area contributed by atoms with Gasteiger partial charge in [0.2, 0.25) is 0 Å². The molecule has 1 heterocycles. The maximum atomic E-state index is 6.17. The van der Waals surface area contributed by atoms with Crippen LogP contribution in [0.1, 0.15) is 13.8 Å². The summed E-state index contributed by atoms with van der Waals surface area (Å²) in [6.45, 7) is 5.69. The number of nitrogens with zero attached hydrogens (tertiary/aromatic N) is 2. The normalized spacial score (nSPS) is 10.2. The van der Waals surface area contributed by atoms with Crippen LogP contribution in [0.25, 0.3) is 11.0 Å². The number of nitrogens with one attached hydrogen (secondary N) is 2. The van der Waals surface area contributed by atoms with Crippen molar-refractivity contribution in [3.63, 3.8) is 0 Å². The van der Waals surface area contributed by atoms with Crippen molar-refractivity contribution in [2.75, 3.05) is 30.3 Å². The third-order valence-corrected chi connectivity index (χ3v) is 3.01. The third-order valence-electron chi connectivity index (χ3n) is 2.72. The minimum absolute atomic E-state index is 0.161. The quantitative estimate of drug-likeness (QED) is 0.803. The number of hydrogen-bond acceptors (Lipinski definition) is 5. The van der Waals surface area contributed by atoms with Crippen molar-refractivity contribution in [2.24, 2.45) is 0 Å². The molecular weight excluding hydrogens is 288 g/mol. The van der Waals surface area contributed by atoms with E-state index in [-0.39, 0.29) is 6.61 Å². The number of fused-ring (bicyclic) bond motifs is 1. The van der Waals surface area contributed by atoms with Crippen LogP contribution in [0.3, 0.4) is 0 Å². The summed E-state index contributed by atoms with van der Waals surface area (Å²) in [5.74, 6) is 4.33.